The SMILES string of the molecule is C[C@@H]1CCc2c(sc3nc([C@@H](C)OC(=O)c4ccccc4O)[nH]c(=O)c23)C1. The van der Waals surface area contributed by atoms with Crippen molar-refractivity contribution in [3.63, 3.8) is 0 Å². The number of nitrogens with one attached hydrogen (secondary N) is 1. The minimum Gasteiger partial charge on any atom is -0.507 e. The molecule has 7 heteroatoms. The van der Waals surface area contributed by atoms with E-state index < -0.39 is 12.1 Å². The van der Waals surface area contributed by atoms with Gasteiger partial charge in [-0.1, -0.05) is 19.1 Å². The molecule has 3 aromatic rings. The zero-order valence-corrected chi connectivity index (χ0v) is 15.9. The molecule has 2 N–H and O–H groups in total. The summed E-state index contributed by atoms with van der Waals surface area (Å²) >= 11 is 1.56. The van der Waals surface area contributed by atoms with Gasteiger partial charge in [0.05, 0.1) is 5.39 Å². The van der Waals surface area contributed by atoms with E-state index in [4.69, 9.17) is 4.74 Å². The number of phenols is 1. The molecule has 140 valence electrons. The summed E-state index contributed by atoms with van der Waals surface area (Å²) in [6.45, 7) is 3.87. The first kappa shape index (κ1) is 17.7. The molecule has 2 atom stereocenters. The number of benzene rings is 1. The Kier molecular flexibility index (Phi) is 4.47. The minimum absolute atomic E-state index is 0.0772. The van der Waals surface area contributed by atoms with Gasteiger partial charge in [0.2, 0.25) is 0 Å². The molecule has 1 aromatic carbocycles. The van der Waals surface area contributed by atoms with E-state index in [0.29, 0.717) is 22.0 Å². The number of thiophene rings is 1. The van der Waals surface area contributed by atoms with Gasteiger partial charge in [-0.05, 0) is 49.8 Å². The molecule has 0 fully saturated rings. The lowest BCUT2D eigenvalue weighted by molar-refractivity contribution is 0.0317. The predicted octanol–water partition coefficient (Wildman–Crippen LogP) is 3.73. The van der Waals surface area contributed by atoms with Crippen molar-refractivity contribution in [1.82, 2.24) is 9.97 Å². The van der Waals surface area contributed by atoms with Crippen molar-refractivity contribution in [3.8, 4) is 5.75 Å². The van der Waals surface area contributed by atoms with Gasteiger partial charge < -0.3 is 14.8 Å². The molecule has 0 saturated carbocycles. The van der Waals surface area contributed by atoms with Crippen LogP contribution in [0.2, 0.25) is 0 Å². The molecule has 2 aromatic heterocycles. The van der Waals surface area contributed by atoms with E-state index >= 15 is 0 Å². The van der Waals surface area contributed by atoms with Crippen LogP contribution in [-0.4, -0.2) is 21.0 Å². The Labute approximate surface area is 159 Å². The molecular formula is C20H20N2O4S. The molecule has 0 spiro atoms. The Morgan fingerprint density at radius 2 is 2.19 bits per heavy atom. The molecule has 4 rings (SSSR count). The second-order valence-electron chi connectivity index (χ2n) is 7.05. The van der Waals surface area contributed by atoms with E-state index in [1.807, 2.05) is 0 Å². The molecule has 2 heterocycles. The summed E-state index contributed by atoms with van der Waals surface area (Å²) in [5, 5.41) is 10.5. The smallest absolute Gasteiger partial charge is 0.342 e. The molecule has 0 saturated heterocycles. The Morgan fingerprint density at radius 1 is 1.41 bits per heavy atom. The summed E-state index contributed by atoms with van der Waals surface area (Å²) < 4.78 is 5.40. The molecular weight excluding hydrogens is 364 g/mol. The number of aryl methyl sites for hydroxylation is 1. The number of fused-ring (bicyclic) bond motifs is 3. The molecule has 0 aliphatic heterocycles. The van der Waals surface area contributed by atoms with E-state index in [-0.39, 0.29) is 16.9 Å². The summed E-state index contributed by atoms with van der Waals surface area (Å²) in [4.78, 5) is 34.2. The molecule has 0 bridgehead atoms. The molecule has 27 heavy (non-hydrogen) atoms. The summed E-state index contributed by atoms with van der Waals surface area (Å²) in [6.07, 6.45) is 2.21. The fourth-order valence-electron chi connectivity index (χ4n) is 3.48. The van der Waals surface area contributed by atoms with Crippen LogP contribution in [0.15, 0.2) is 29.1 Å². The van der Waals surface area contributed by atoms with Crippen molar-refractivity contribution in [1.29, 1.82) is 0 Å². The summed E-state index contributed by atoms with van der Waals surface area (Å²) in [5.74, 6) is 0.111. The topological polar surface area (TPSA) is 92.3 Å². The standard InChI is InChI=1S/C20H20N2O4S/c1-10-7-8-13-15(9-10)27-19-16(13)18(24)21-17(22-19)11(2)26-20(25)12-5-3-4-6-14(12)23/h3-6,10-11,23H,7-9H2,1-2H3,(H,21,22,24)/t10-,11-/m1/s1. The first-order valence-corrected chi connectivity index (χ1v) is 9.79. The number of carbonyl (C=O) groups excluding carboxylic acids is 1. The van der Waals surface area contributed by atoms with Crippen LogP contribution in [0.25, 0.3) is 10.2 Å². The number of rotatable bonds is 3. The largest absolute Gasteiger partial charge is 0.507 e. The maximum atomic E-state index is 12.7. The highest BCUT2D eigenvalue weighted by Gasteiger charge is 2.25. The second-order valence-corrected chi connectivity index (χ2v) is 8.13. The van der Waals surface area contributed by atoms with Crippen molar-refractivity contribution in [2.45, 2.75) is 39.2 Å². The third-order valence-corrected chi connectivity index (χ3v) is 6.12. The van der Waals surface area contributed by atoms with Gasteiger partial charge in [0.1, 0.15) is 16.1 Å². The number of phenolic OH excluding ortho intramolecular Hbond substituents is 1. The van der Waals surface area contributed by atoms with Crippen LogP contribution in [-0.2, 0) is 17.6 Å². The number of carbonyl (C=O) groups is 1. The zero-order chi connectivity index (χ0) is 19.1. The Bertz CT molecular complexity index is 1090. The average molecular weight is 384 g/mol. The van der Waals surface area contributed by atoms with Crippen molar-refractivity contribution < 1.29 is 14.6 Å². The van der Waals surface area contributed by atoms with E-state index in [0.717, 1.165) is 24.8 Å². The lowest BCUT2D eigenvalue weighted by Crippen LogP contribution is -2.18. The van der Waals surface area contributed by atoms with E-state index in [2.05, 4.69) is 16.9 Å². The van der Waals surface area contributed by atoms with Gasteiger partial charge >= 0.3 is 5.97 Å². The molecule has 1 aliphatic rings. The lowest BCUT2D eigenvalue weighted by atomic mass is 9.89. The lowest BCUT2D eigenvalue weighted by Gasteiger charge is -2.17. The molecule has 0 amide bonds. The van der Waals surface area contributed by atoms with Gasteiger partial charge in [0.15, 0.2) is 11.9 Å². The van der Waals surface area contributed by atoms with Crippen molar-refractivity contribution in [3.05, 3.63) is 56.4 Å². The fraction of sp³-hybridized carbons (Fsp3) is 0.350. The molecule has 0 unspecified atom stereocenters. The van der Waals surface area contributed by atoms with Crippen LogP contribution < -0.4 is 5.56 Å². The predicted molar refractivity (Wildman–Crippen MR) is 103 cm³/mol. The van der Waals surface area contributed by atoms with Crippen LogP contribution in [0.3, 0.4) is 0 Å². The van der Waals surface area contributed by atoms with Gasteiger partial charge in [0, 0.05) is 4.88 Å². The minimum atomic E-state index is -0.743. The summed E-state index contributed by atoms with van der Waals surface area (Å²) in [7, 11) is 0. The van der Waals surface area contributed by atoms with E-state index in [1.54, 1.807) is 30.4 Å². The Balaban J connectivity index is 1.65. The van der Waals surface area contributed by atoms with Crippen molar-refractivity contribution >= 4 is 27.5 Å². The van der Waals surface area contributed by atoms with Crippen LogP contribution in [0.5, 0.6) is 5.75 Å². The summed E-state index contributed by atoms with van der Waals surface area (Å²) in [5.41, 5.74) is 1.01. The van der Waals surface area contributed by atoms with Gasteiger partial charge in [-0.2, -0.15) is 0 Å². The highest BCUT2D eigenvalue weighted by molar-refractivity contribution is 7.18. The third kappa shape index (κ3) is 3.23. The number of aromatic amines is 1. The number of ether oxygens (including phenoxy) is 1. The van der Waals surface area contributed by atoms with Gasteiger partial charge in [-0.15, -0.1) is 11.3 Å². The van der Waals surface area contributed by atoms with Gasteiger partial charge in [-0.25, -0.2) is 9.78 Å². The highest BCUT2D eigenvalue weighted by atomic mass is 32.1. The molecule has 1 aliphatic carbocycles. The second kappa shape index (κ2) is 6.81. The summed E-state index contributed by atoms with van der Waals surface area (Å²) in [6, 6.07) is 6.18. The Morgan fingerprint density at radius 3 is 2.96 bits per heavy atom. The Hall–Kier alpha value is -2.67. The molecule has 6 nitrogen and oxygen atoms in total. The van der Waals surface area contributed by atoms with Crippen LogP contribution in [0, 0.1) is 5.92 Å². The highest BCUT2D eigenvalue weighted by Crippen LogP contribution is 2.36. The van der Waals surface area contributed by atoms with Crippen LogP contribution in [0.1, 0.15) is 53.0 Å². The van der Waals surface area contributed by atoms with E-state index in [9.17, 15) is 14.7 Å². The number of aromatic hydroxyl groups is 1. The molecule has 0 radical (unpaired) electrons. The monoisotopic (exact) mass is 384 g/mol. The number of esters is 1. The maximum absolute atomic E-state index is 12.7. The number of hydrogen-bond donors (Lipinski definition) is 2. The van der Waals surface area contributed by atoms with Crippen molar-refractivity contribution in [2.24, 2.45) is 5.92 Å². The van der Waals surface area contributed by atoms with Gasteiger partial charge in [0.25, 0.3) is 5.56 Å². The fourth-order valence-corrected chi connectivity index (χ4v) is 4.87. The van der Waals surface area contributed by atoms with Crippen molar-refractivity contribution in [2.75, 3.05) is 0 Å². The van der Waals surface area contributed by atoms with Crippen LogP contribution >= 0.6 is 11.3 Å². The normalized spacial score (nSPS) is 17.5. The number of para-hydroxylation sites is 1. The van der Waals surface area contributed by atoms with E-state index in [1.165, 1.54) is 17.0 Å². The number of aromatic nitrogens is 2. The number of nitrogens with zero attached hydrogens (tertiary/aromatic N) is 1. The first-order valence-electron chi connectivity index (χ1n) is 8.97. The quantitative estimate of drug-likeness (QED) is 0.671. The third-order valence-electron chi connectivity index (χ3n) is 4.98. The zero-order valence-electron chi connectivity index (χ0n) is 15.1. The van der Waals surface area contributed by atoms with Gasteiger partial charge in [-0.3, -0.25) is 4.79 Å². The average Bonchev–Trinajstić information content (AvgIpc) is 2.99. The maximum Gasteiger partial charge on any atom is 0.342 e. The number of hydrogen-bond acceptors (Lipinski definition) is 6. The number of H-pyrrole nitrogens is 1. The first-order chi connectivity index (χ1) is 12.9. The van der Waals surface area contributed by atoms with Crippen LogP contribution in [0.4, 0.5) is 0 Å².